The predicted molar refractivity (Wildman–Crippen MR) is 241 cm³/mol. The van der Waals surface area contributed by atoms with Gasteiger partial charge in [0.15, 0.2) is 0 Å². The van der Waals surface area contributed by atoms with E-state index in [2.05, 4.69) is 68.0 Å². The van der Waals surface area contributed by atoms with Crippen LogP contribution in [0.1, 0.15) is 121 Å². The Morgan fingerprint density at radius 2 is 1.62 bits per heavy atom. The fraction of sp³-hybridized carbons (Fsp3) is 0.520. The van der Waals surface area contributed by atoms with Crippen molar-refractivity contribution in [2.45, 2.75) is 116 Å². The molecule has 3 aromatic rings. The summed E-state index contributed by atoms with van der Waals surface area (Å²) in [5, 5.41) is 14.8. The van der Waals surface area contributed by atoms with Crippen molar-refractivity contribution < 1.29 is 47.0 Å². The smallest absolute Gasteiger partial charge is 0.266 e. The highest BCUT2D eigenvalue weighted by Gasteiger charge is 2.64. The molecule has 3 aliphatic heterocycles. The number of anilines is 1. The van der Waals surface area contributed by atoms with Gasteiger partial charge in [0, 0.05) is 91.2 Å². The minimum absolute atomic E-state index is 0.0432. The van der Waals surface area contributed by atoms with Crippen molar-refractivity contribution in [2.24, 2.45) is 16.7 Å². The molecular weight excluding hydrogens is 829 g/mol. The van der Waals surface area contributed by atoms with E-state index in [9.17, 15) is 29.2 Å². The number of carbonyl (C=O) groups is 5. The van der Waals surface area contributed by atoms with Crippen LogP contribution in [0.3, 0.4) is 0 Å². The lowest BCUT2D eigenvalue weighted by Crippen LogP contribution is -2.74. The van der Waals surface area contributed by atoms with Gasteiger partial charge in [-0.2, -0.15) is 5.26 Å². The van der Waals surface area contributed by atoms with Crippen LogP contribution < -0.4 is 34.5 Å². The highest BCUT2D eigenvalue weighted by atomic mass is 16.5. The summed E-state index contributed by atoms with van der Waals surface area (Å²) in [5.41, 5.74) is 0.963. The number of amides is 5. The molecule has 2 saturated heterocycles. The first-order chi connectivity index (χ1) is 32.1. The number of nitrogens with one attached hydrogen (secondary N) is 2. The Labute approximate surface area is 384 Å². The first-order valence-corrected chi connectivity index (χ1v) is 22.5. The molecule has 65 heavy (non-hydrogen) atoms. The minimum atomic E-state index is -2.93. The van der Waals surface area contributed by atoms with Gasteiger partial charge in [0.25, 0.3) is 17.7 Å². The maximum absolute atomic E-state index is 13.6. The van der Waals surface area contributed by atoms with Gasteiger partial charge in [-0.1, -0.05) is 27.7 Å². The Bertz CT molecular complexity index is 2510. The second-order valence-electron chi connectivity index (χ2n) is 19.5. The monoisotopic (exact) mass is 891 g/mol. The van der Waals surface area contributed by atoms with Crippen molar-refractivity contribution in [3.8, 4) is 29.1 Å². The molecule has 344 valence electrons. The van der Waals surface area contributed by atoms with Crippen LogP contribution in [0.2, 0.25) is 0 Å². The number of methoxy groups -OCH3 is 2. The zero-order valence-corrected chi connectivity index (χ0v) is 38.1. The van der Waals surface area contributed by atoms with E-state index in [1.54, 1.807) is 18.2 Å². The second-order valence-corrected chi connectivity index (χ2v) is 19.5. The minimum Gasteiger partial charge on any atom is -0.496 e. The molecule has 0 bridgehead atoms. The van der Waals surface area contributed by atoms with Crippen molar-refractivity contribution in [3.05, 3.63) is 76.9 Å². The highest BCUT2D eigenvalue weighted by Crippen LogP contribution is 2.56. The quantitative estimate of drug-likeness (QED) is 0.177. The molecule has 2 N–H and O–H groups in total. The average molecular weight is 892 g/mol. The number of fused-ring (bicyclic) bond motifs is 1. The second kappa shape index (κ2) is 17.7. The van der Waals surface area contributed by atoms with E-state index >= 15 is 0 Å². The number of nitriles is 1. The van der Waals surface area contributed by atoms with E-state index in [4.69, 9.17) is 23.1 Å². The standard InChI is InChI=1S/C50H60N6O9/c1-28(2)55(33-21-35(22-33)64-36-23-37-42(40(25-36)63-8)46(61)56(45(37)60)38-15-16-41(57)52-44(38)59)27-29-17-19-54(20-18-29)32-12-9-30(10-13-32)43(58)53-47-49(3,4)48(50(47,5)6)65-34-14-11-31(26-51)39(24-34)62-7/h9-14,23-25,28-29,33,35,38,47-48H,15-22,27H2,1-8H3,(H,53,58)(H,52,57,59)/t33?,35?,38-,47?,48?/m1/s1/i8D3. The highest BCUT2D eigenvalue weighted by molar-refractivity contribution is 6.24. The maximum atomic E-state index is 13.6. The van der Waals surface area contributed by atoms with E-state index in [1.807, 2.05) is 24.3 Å². The summed E-state index contributed by atoms with van der Waals surface area (Å²) >= 11 is 0. The lowest BCUT2D eigenvalue weighted by molar-refractivity contribution is -0.164. The van der Waals surface area contributed by atoms with Gasteiger partial charge in [-0.3, -0.25) is 39.1 Å². The molecule has 15 nitrogen and oxygen atoms in total. The van der Waals surface area contributed by atoms with Crippen LogP contribution >= 0.6 is 0 Å². The predicted octanol–water partition coefficient (Wildman–Crippen LogP) is 6.13. The first-order valence-electron chi connectivity index (χ1n) is 24.0. The van der Waals surface area contributed by atoms with Gasteiger partial charge in [-0.15, -0.1) is 0 Å². The molecule has 5 aliphatic rings. The largest absolute Gasteiger partial charge is 0.496 e. The summed E-state index contributed by atoms with van der Waals surface area (Å²) in [5.74, 6) is -1.68. The van der Waals surface area contributed by atoms with Crippen LogP contribution in [0.5, 0.6) is 23.0 Å². The lowest BCUT2D eigenvalue weighted by Gasteiger charge is -2.63. The van der Waals surface area contributed by atoms with Gasteiger partial charge >= 0.3 is 0 Å². The van der Waals surface area contributed by atoms with Gasteiger partial charge in [-0.25, -0.2) is 0 Å². The number of rotatable bonds is 14. The van der Waals surface area contributed by atoms with Crippen molar-refractivity contribution in [3.63, 3.8) is 0 Å². The summed E-state index contributed by atoms with van der Waals surface area (Å²) in [6, 6.07) is 17.0. The number of benzene rings is 3. The number of carbonyl (C=O) groups excluding carboxylic acids is 5. The molecule has 3 heterocycles. The number of nitrogens with zero attached hydrogens (tertiary/aromatic N) is 4. The van der Waals surface area contributed by atoms with Crippen LogP contribution in [-0.4, -0.2) is 109 Å². The normalized spacial score (nSPS) is 25.6. The molecule has 8 rings (SSSR count). The molecule has 0 aromatic heterocycles. The van der Waals surface area contributed by atoms with Gasteiger partial charge in [0.2, 0.25) is 11.8 Å². The van der Waals surface area contributed by atoms with Gasteiger partial charge in [0.05, 0.1) is 35.0 Å². The topological polar surface area (TPSA) is 180 Å². The Kier molecular flexibility index (Phi) is 11.3. The lowest BCUT2D eigenvalue weighted by atomic mass is 9.49. The third kappa shape index (κ3) is 8.49. The van der Waals surface area contributed by atoms with Crippen molar-refractivity contribution in [1.29, 1.82) is 5.26 Å². The van der Waals surface area contributed by atoms with E-state index in [0.29, 0.717) is 41.4 Å². The zero-order valence-electron chi connectivity index (χ0n) is 41.1. The number of imide groups is 2. The number of hydrogen-bond donors (Lipinski definition) is 2. The molecule has 5 amide bonds. The number of ether oxygens (including phenoxy) is 4. The zero-order chi connectivity index (χ0) is 49.0. The van der Waals surface area contributed by atoms with Crippen LogP contribution in [-0.2, 0) is 9.59 Å². The fourth-order valence-corrected chi connectivity index (χ4v) is 11.0. The molecule has 2 saturated carbocycles. The fourth-order valence-electron chi connectivity index (χ4n) is 11.0. The van der Waals surface area contributed by atoms with Crippen molar-refractivity contribution in [1.82, 2.24) is 20.4 Å². The number of hydrogen-bond acceptors (Lipinski definition) is 12. The van der Waals surface area contributed by atoms with E-state index < -0.39 is 36.7 Å². The van der Waals surface area contributed by atoms with Crippen molar-refractivity contribution in [2.75, 3.05) is 38.7 Å². The van der Waals surface area contributed by atoms with Crippen LogP contribution in [0.4, 0.5) is 5.69 Å². The molecule has 4 fully saturated rings. The molecule has 15 heteroatoms. The molecule has 2 aliphatic carbocycles. The maximum Gasteiger partial charge on any atom is 0.266 e. The summed E-state index contributed by atoms with van der Waals surface area (Å²) in [4.78, 5) is 70.9. The molecule has 0 radical (unpaired) electrons. The molecule has 0 unspecified atom stereocenters. The SMILES string of the molecule is [2H]C([2H])([2H])Oc1cc(OC2CC(N(CC3CCN(c4ccc(C(=O)NC5C(C)(C)C(Oc6ccc(C#N)c(OC)c6)C5(C)C)cc4)CC3)C(C)C)C2)cc2c1C(=O)N([C@@H]1CCC(=O)NC1=O)C2=O. The first kappa shape index (κ1) is 41.6. The summed E-state index contributed by atoms with van der Waals surface area (Å²) < 4.78 is 46.5. The van der Waals surface area contributed by atoms with E-state index in [0.717, 1.165) is 43.1 Å². The third-order valence-corrected chi connectivity index (χ3v) is 14.3. The number of piperidine rings is 2. The van der Waals surface area contributed by atoms with Crippen LogP contribution in [0.25, 0.3) is 0 Å². The molecular formula is C50H60N6O9. The van der Waals surface area contributed by atoms with Crippen LogP contribution in [0, 0.1) is 28.1 Å². The Hall–Kier alpha value is -6.14. The molecule has 1 atom stereocenters. The van der Waals surface area contributed by atoms with Crippen molar-refractivity contribution >= 4 is 35.2 Å². The van der Waals surface area contributed by atoms with E-state index in [-0.39, 0.29) is 82.5 Å². The van der Waals surface area contributed by atoms with Gasteiger partial charge in [0.1, 0.15) is 47.3 Å². The van der Waals surface area contributed by atoms with Gasteiger partial charge < -0.3 is 29.2 Å². The Balaban J connectivity index is 0.829. The third-order valence-electron chi connectivity index (χ3n) is 14.3. The van der Waals surface area contributed by atoms with Gasteiger partial charge in [-0.05, 0) is 81.5 Å². The summed E-state index contributed by atoms with van der Waals surface area (Å²) in [7, 11) is -1.41. The van der Waals surface area contributed by atoms with E-state index in [1.165, 1.54) is 19.2 Å². The molecule has 3 aromatic carbocycles. The molecule has 0 spiro atoms. The Morgan fingerprint density at radius 3 is 2.25 bits per heavy atom. The van der Waals surface area contributed by atoms with Crippen LogP contribution in [0.15, 0.2) is 54.6 Å². The summed E-state index contributed by atoms with van der Waals surface area (Å²) in [6.45, 7) is 15.4. The summed E-state index contributed by atoms with van der Waals surface area (Å²) in [6.07, 6.45) is 2.90. The average Bonchev–Trinajstić information content (AvgIpc) is 3.52. The Morgan fingerprint density at radius 1 is 0.923 bits per heavy atom.